The molecule has 0 aliphatic carbocycles. The SMILES string of the molecule is CCCCOC(=O)c1ccc(NC(=S)NC)cc1. The van der Waals surface area contributed by atoms with Gasteiger partial charge in [-0.05, 0) is 42.9 Å². The van der Waals surface area contributed by atoms with Crippen molar-refractivity contribution in [2.45, 2.75) is 19.8 Å². The predicted octanol–water partition coefficient (Wildman–Crippen LogP) is 2.56. The fourth-order valence-corrected chi connectivity index (χ4v) is 1.39. The zero-order valence-electron chi connectivity index (χ0n) is 10.7. The molecule has 98 valence electrons. The zero-order valence-corrected chi connectivity index (χ0v) is 11.5. The fourth-order valence-electron chi connectivity index (χ4n) is 1.28. The zero-order chi connectivity index (χ0) is 13.4. The average Bonchev–Trinajstić information content (AvgIpc) is 2.39. The van der Waals surface area contributed by atoms with Crippen LogP contribution in [-0.4, -0.2) is 24.7 Å². The maximum atomic E-state index is 11.6. The van der Waals surface area contributed by atoms with E-state index >= 15 is 0 Å². The lowest BCUT2D eigenvalue weighted by Crippen LogP contribution is -2.24. The molecule has 0 fully saturated rings. The summed E-state index contributed by atoms with van der Waals surface area (Å²) in [5.41, 5.74) is 1.38. The molecule has 0 saturated carbocycles. The summed E-state index contributed by atoms with van der Waals surface area (Å²) in [7, 11) is 1.74. The number of thiocarbonyl (C=S) groups is 1. The molecule has 0 bridgehead atoms. The topological polar surface area (TPSA) is 50.4 Å². The summed E-state index contributed by atoms with van der Waals surface area (Å²) in [4.78, 5) is 11.6. The molecule has 1 rings (SSSR count). The van der Waals surface area contributed by atoms with Gasteiger partial charge in [0.2, 0.25) is 0 Å². The van der Waals surface area contributed by atoms with Crippen molar-refractivity contribution in [1.82, 2.24) is 5.32 Å². The van der Waals surface area contributed by atoms with E-state index in [0.29, 0.717) is 17.3 Å². The van der Waals surface area contributed by atoms with E-state index < -0.39 is 0 Å². The highest BCUT2D eigenvalue weighted by atomic mass is 32.1. The minimum Gasteiger partial charge on any atom is -0.462 e. The highest BCUT2D eigenvalue weighted by molar-refractivity contribution is 7.80. The number of esters is 1. The van der Waals surface area contributed by atoms with Crippen molar-refractivity contribution in [2.75, 3.05) is 19.0 Å². The lowest BCUT2D eigenvalue weighted by atomic mass is 10.2. The van der Waals surface area contributed by atoms with E-state index in [9.17, 15) is 4.79 Å². The van der Waals surface area contributed by atoms with Crippen molar-refractivity contribution < 1.29 is 9.53 Å². The standard InChI is InChI=1S/C13H18N2O2S/c1-3-4-9-17-12(16)10-5-7-11(8-6-10)15-13(18)14-2/h5-8H,3-4,9H2,1-2H3,(H2,14,15,18). The number of benzene rings is 1. The molecule has 5 heteroatoms. The molecule has 0 saturated heterocycles. The van der Waals surface area contributed by atoms with E-state index in [1.165, 1.54) is 0 Å². The minimum absolute atomic E-state index is 0.286. The maximum Gasteiger partial charge on any atom is 0.338 e. The summed E-state index contributed by atoms with van der Waals surface area (Å²) < 4.78 is 5.11. The third-order valence-electron chi connectivity index (χ3n) is 2.34. The Hall–Kier alpha value is -1.62. The largest absolute Gasteiger partial charge is 0.462 e. The van der Waals surface area contributed by atoms with Crippen molar-refractivity contribution in [3.63, 3.8) is 0 Å². The Bertz CT molecular complexity index is 404. The van der Waals surface area contributed by atoms with Gasteiger partial charge in [0.25, 0.3) is 0 Å². The van der Waals surface area contributed by atoms with Crippen molar-refractivity contribution in [2.24, 2.45) is 0 Å². The highest BCUT2D eigenvalue weighted by Crippen LogP contribution is 2.10. The van der Waals surface area contributed by atoms with Gasteiger partial charge in [0.1, 0.15) is 0 Å². The second-order valence-corrected chi connectivity index (χ2v) is 4.18. The quantitative estimate of drug-likeness (QED) is 0.487. The van der Waals surface area contributed by atoms with Crippen LogP contribution in [0.15, 0.2) is 24.3 Å². The Morgan fingerprint density at radius 2 is 2.00 bits per heavy atom. The van der Waals surface area contributed by atoms with Crippen molar-refractivity contribution >= 4 is 29.0 Å². The van der Waals surface area contributed by atoms with Crippen LogP contribution in [0.1, 0.15) is 30.1 Å². The van der Waals surface area contributed by atoms with Crippen LogP contribution < -0.4 is 10.6 Å². The van der Waals surface area contributed by atoms with Crippen LogP contribution in [0.3, 0.4) is 0 Å². The van der Waals surface area contributed by atoms with Gasteiger partial charge < -0.3 is 15.4 Å². The maximum absolute atomic E-state index is 11.6. The van der Waals surface area contributed by atoms with Gasteiger partial charge >= 0.3 is 5.97 Å². The smallest absolute Gasteiger partial charge is 0.338 e. The molecule has 0 aromatic heterocycles. The van der Waals surface area contributed by atoms with E-state index in [4.69, 9.17) is 17.0 Å². The Balaban J connectivity index is 2.54. The number of anilines is 1. The number of hydrogen-bond acceptors (Lipinski definition) is 3. The molecule has 0 radical (unpaired) electrons. The molecule has 0 unspecified atom stereocenters. The van der Waals surface area contributed by atoms with Crippen LogP contribution >= 0.6 is 12.2 Å². The van der Waals surface area contributed by atoms with Gasteiger partial charge in [-0.3, -0.25) is 0 Å². The van der Waals surface area contributed by atoms with Crippen molar-refractivity contribution in [3.8, 4) is 0 Å². The van der Waals surface area contributed by atoms with Crippen LogP contribution in [0, 0.1) is 0 Å². The van der Waals surface area contributed by atoms with Gasteiger partial charge in [0, 0.05) is 12.7 Å². The Labute approximate surface area is 113 Å². The summed E-state index contributed by atoms with van der Waals surface area (Å²) in [5.74, 6) is -0.286. The molecule has 2 N–H and O–H groups in total. The van der Waals surface area contributed by atoms with Crippen LogP contribution in [-0.2, 0) is 4.74 Å². The molecule has 0 aliphatic heterocycles. The first-order valence-electron chi connectivity index (χ1n) is 5.93. The lowest BCUT2D eigenvalue weighted by Gasteiger charge is -2.08. The monoisotopic (exact) mass is 266 g/mol. The summed E-state index contributed by atoms with van der Waals surface area (Å²) in [6, 6.07) is 7.02. The number of carbonyl (C=O) groups is 1. The molecule has 0 atom stereocenters. The Morgan fingerprint density at radius 3 is 2.56 bits per heavy atom. The molecule has 1 aromatic rings. The van der Waals surface area contributed by atoms with Crippen molar-refractivity contribution in [1.29, 1.82) is 0 Å². The summed E-state index contributed by atoms with van der Waals surface area (Å²) >= 11 is 4.98. The Morgan fingerprint density at radius 1 is 1.33 bits per heavy atom. The van der Waals surface area contributed by atoms with Crippen LogP contribution in [0.4, 0.5) is 5.69 Å². The predicted molar refractivity (Wildman–Crippen MR) is 76.9 cm³/mol. The van der Waals surface area contributed by atoms with E-state index in [-0.39, 0.29) is 5.97 Å². The van der Waals surface area contributed by atoms with Crippen molar-refractivity contribution in [3.05, 3.63) is 29.8 Å². The minimum atomic E-state index is -0.286. The van der Waals surface area contributed by atoms with E-state index in [0.717, 1.165) is 18.5 Å². The van der Waals surface area contributed by atoms with Gasteiger partial charge in [-0.15, -0.1) is 0 Å². The van der Waals surface area contributed by atoms with Gasteiger partial charge in [0.05, 0.1) is 12.2 Å². The first kappa shape index (κ1) is 14.4. The summed E-state index contributed by atoms with van der Waals surface area (Å²) in [5, 5.41) is 6.33. The van der Waals surface area contributed by atoms with E-state index in [2.05, 4.69) is 17.6 Å². The number of rotatable bonds is 5. The van der Waals surface area contributed by atoms with Crippen LogP contribution in [0.5, 0.6) is 0 Å². The fraction of sp³-hybridized carbons (Fsp3) is 0.385. The van der Waals surface area contributed by atoms with Gasteiger partial charge in [-0.2, -0.15) is 0 Å². The molecule has 0 amide bonds. The third kappa shape index (κ3) is 4.71. The molecular formula is C13H18N2O2S. The molecule has 18 heavy (non-hydrogen) atoms. The average molecular weight is 266 g/mol. The van der Waals surface area contributed by atoms with E-state index in [1.54, 1.807) is 31.3 Å². The lowest BCUT2D eigenvalue weighted by molar-refractivity contribution is 0.0500. The van der Waals surface area contributed by atoms with Gasteiger partial charge in [-0.25, -0.2) is 4.79 Å². The first-order valence-corrected chi connectivity index (χ1v) is 6.34. The molecule has 0 spiro atoms. The van der Waals surface area contributed by atoms with Gasteiger partial charge in [0.15, 0.2) is 5.11 Å². The highest BCUT2D eigenvalue weighted by Gasteiger charge is 2.06. The Kier molecular flexibility index (Phi) is 6.14. The number of ether oxygens (including phenoxy) is 1. The number of nitrogens with one attached hydrogen (secondary N) is 2. The number of hydrogen-bond donors (Lipinski definition) is 2. The summed E-state index contributed by atoms with van der Waals surface area (Å²) in [6.07, 6.45) is 1.90. The van der Waals surface area contributed by atoms with Gasteiger partial charge in [-0.1, -0.05) is 13.3 Å². The normalized spacial score (nSPS) is 9.67. The van der Waals surface area contributed by atoms with E-state index in [1.807, 2.05) is 0 Å². The summed E-state index contributed by atoms with van der Waals surface area (Å²) in [6.45, 7) is 2.53. The molecule has 0 aliphatic rings. The first-order chi connectivity index (χ1) is 8.67. The molecule has 1 aromatic carbocycles. The molecular weight excluding hydrogens is 248 g/mol. The number of unbranched alkanes of at least 4 members (excludes halogenated alkanes) is 1. The van der Waals surface area contributed by atoms with Crippen LogP contribution in [0.25, 0.3) is 0 Å². The number of carbonyl (C=O) groups excluding carboxylic acids is 1. The second-order valence-electron chi connectivity index (χ2n) is 3.77. The molecule has 0 heterocycles. The second kappa shape index (κ2) is 7.66. The third-order valence-corrected chi connectivity index (χ3v) is 2.64. The van der Waals surface area contributed by atoms with Crippen LogP contribution in [0.2, 0.25) is 0 Å². The molecule has 4 nitrogen and oxygen atoms in total.